The van der Waals surface area contributed by atoms with E-state index >= 15 is 0 Å². The van der Waals surface area contributed by atoms with Gasteiger partial charge in [-0.1, -0.05) is 20.8 Å². The van der Waals surface area contributed by atoms with Gasteiger partial charge in [0.25, 0.3) is 0 Å². The first kappa shape index (κ1) is 21.5. The monoisotopic (exact) mass is 411 g/mol. The number of benzene rings is 1. The van der Waals surface area contributed by atoms with E-state index in [4.69, 9.17) is 14.6 Å². The van der Waals surface area contributed by atoms with Gasteiger partial charge in [0.05, 0.1) is 29.3 Å². The van der Waals surface area contributed by atoms with Crippen LogP contribution in [0.1, 0.15) is 43.2 Å². The molecule has 0 fully saturated rings. The number of fused-ring (bicyclic) bond motifs is 1. The first-order valence-corrected chi connectivity index (χ1v) is 9.52. The van der Waals surface area contributed by atoms with Crippen molar-refractivity contribution >= 4 is 11.0 Å². The maximum atomic E-state index is 9.36. The molecule has 9 heteroatoms. The molecule has 9 nitrogen and oxygen atoms in total. The number of hydrogen-bond acceptors (Lipinski definition) is 8. The van der Waals surface area contributed by atoms with E-state index in [-0.39, 0.29) is 24.6 Å². The zero-order chi connectivity index (χ0) is 21.9. The number of nitriles is 1. The topological polar surface area (TPSA) is 137 Å². The summed E-state index contributed by atoms with van der Waals surface area (Å²) in [6.07, 6.45) is 0.570. The molecule has 0 aliphatic carbocycles. The zero-order valence-electron chi connectivity index (χ0n) is 17.4. The van der Waals surface area contributed by atoms with Crippen LogP contribution in [-0.2, 0) is 12.0 Å². The second kappa shape index (κ2) is 8.65. The Morgan fingerprint density at radius 2 is 2.03 bits per heavy atom. The van der Waals surface area contributed by atoms with Gasteiger partial charge in [-0.3, -0.25) is 5.10 Å². The standard InChI is InChI=1S/C21H25N5O4/c1-12-5-18(16(21(2,3)4)6-13(12)7-22)29-11-17-15-8-23-20(24-19(15)26-25-17)30-10-14(28)9-27/h5-6,8,14,27-28H,9-11H2,1-4H3,(H,23,24,25,26). The number of H-pyrrole nitrogens is 1. The quantitative estimate of drug-likeness (QED) is 0.538. The van der Waals surface area contributed by atoms with Gasteiger partial charge < -0.3 is 19.7 Å². The molecule has 0 spiro atoms. The Morgan fingerprint density at radius 1 is 1.27 bits per heavy atom. The lowest BCUT2D eigenvalue weighted by Gasteiger charge is -2.23. The SMILES string of the molecule is Cc1cc(OCc2[nH]nc3nc(OCC(O)CO)ncc23)c(C(C)(C)C)cc1C#N. The van der Waals surface area contributed by atoms with E-state index in [0.29, 0.717) is 28.0 Å². The summed E-state index contributed by atoms with van der Waals surface area (Å²) in [4.78, 5) is 8.31. The number of aryl methyl sites for hydroxylation is 1. The summed E-state index contributed by atoms with van der Waals surface area (Å²) >= 11 is 0. The van der Waals surface area contributed by atoms with Crippen LogP contribution in [0, 0.1) is 18.3 Å². The van der Waals surface area contributed by atoms with E-state index in [9.17, 15) is 10.4 Å². The van der Waals surface area contributed by atoms with E-state index in [1.54, 1.807) is 6.20 Å². The lowest BCUT2D eigenvalue weighted by molar-refractivity contribution is 0.0505. The van der Waals surface area contributed by atoms with E-state index in [0.717, 1.165) is 11.1 Å². The fourth-order valence-corrected chi connectivity index (χ4v) is 2.90. The van der Waals surface area contributed by atoms with Crippen LogP contribution in [0.15, 0.2) is 18.3 Å². The second-order valence-electron chi connectivity index (χ2n) is 8.05. The largest absolute Gasteiger partial charge is 0.487 e. The molecule has 3 N–H and O–H groups in total. The van der Waals surface area contributed by atoms with E-state index < -0.39 is 12.7 Å². The van der Waals surface area contributed by atoms with Crippen LogP contribution in [-0.4, -0.2) is 49.7 Å². The highest BCUT2D eigenvalue weighted by molar-refractivity contribution is 5.76. The summed E-state index contributed by atoms with van der Waals surface area (Å²) in [5.41, 5.74) is 3.34. The maximum absolute atomic E-state index is 9.36. The minimum atomic E-state index is -1.000. The Kier molecular flexibility index (Phi) is 6.20. The smallest absolute Gasteiger partial charge is 0.318 e. The molecule has 0 aliphatic rings. The molecule has 2 aromatic heterocycles. The lowest BCUT2D eigenvalue weighted by atomic mass is 9.84. The highest BCUT2D eigenvalue weighted by Gasteiger charge is 2.21. The van der Waals surface area contributed by atoms with Gasteiger partial charge in [-0.15, -0.1) is 0 Å². The molecule has 3 rings (SSSR count). The number of nitrogens with zero attached hydrogens (tertiary/aromatic N) is 4. The Labute approximate surface area is 174 Å². The number of hydrogen-bond donors (Lipinski definition) is 3. The van der Waals surface area contributed by atoms with Crippen LogP contribution in [0.2, 0.25) is 0 Å². The van der Waals surface area contributed by atoms with Crippen molar-refractivity contribution in [2.24, 2.45) is 0 Å². The molecule has 0 radical (unpaired) electrons. The third-order valence-electron chi connectivity index (χ3n) is 4.61. The van der Waals surface area contributed by atoms with Crippen molar-refractivity contribution in [3.63, 3.8) is 0 Å². The summed E-state index contributed by atoms with van der Waals surface area (Å²) in [6.45, 7) is 7.79. The van der Waals surface area contributed by atoms with Crippen molar-refractivity contribution in [2.45, 2.75) is 45.8 Å². The molecule has 0 saturated carbocycles. The molecule has 158 valence electrons. The molecule has 1 atom stereocenters. The number of aromatic nitrogens is 4. The molecular weight excluding hydrogens is 386 g/mol. The summed E-state index contributed by atoms with van der Waals surface area (Å²) in [6, 6.07) is 6.05. The maximum Gasteiger partial charge on any atom is 0.318 e. The van der Waals surface area contributed by atoms with E-state index in [2.05, 4.69) is 47.0 Å². The number of aliphatic hydroxyl groups excluding tert-OH is 2. The minimum absolute atomic E-state index is 0.0618. The van der Waals surface area contributed by atoms with Crippen LogP contribution in [0.25, 0.3) is 11.0 Å². The normalized spacial score (nSPS) is 12.6. The molecular formula is C21H25N5O4. The van der Waals surface area contributed by atoms with Crippen LogP contribution < -0.4 is 9.47 Å². The Bertz CT molecular complexity index is 1080. The Balaban J connectivity index is 1.81. The molecule has 0 saturated heterocycles. The zero-order valence-corrected chi connectivity index (χ0v) is 17.4. The highest BCUT2D eigenvalue weighted by atomic mass is 16.5. The third-order valence-corrected chi connectivity index (χ3v) is 4.61. The summed E-state index contributed by atoms with van der Waals surface area (Å²) in [5, 5.41) is 35.3. The highest BCUT2D eigenvalue weighted by Crippen LogP contribution is 2.34. The molecule has 0 aliphatic heterocycles. The first-order chi connectivity index (χ1) is 14.2. The van der Waals surface area contributed by atoms with Crippen LogP contribution in [0.3, 0.4) is 0 Å². The van der Waals surface area contributed by atoms with Crippen molar-refractivity contribution in [3.8, 4) is 17.8 Å². The molecule has 2 heterocycles. The van der Waals surface area contributed by atoms with Crippen LogP contribution in [0.5, 0.6) is 11.8 Å². The van der Waals surface area contributed by atoms with Gasteiger partial charge in [0.1, 0.15) is 25.1 Å². The van der Waals surface area contributed by atoms with E-state index in [1.807, 2.05) is 19.1 Å². The van der Waals surface area contributed by atoms with Crippen molar-refractivity contribution in [3.05, 3.63) is 40.7 Å². The molecule has 0 bridgehead atoms. The van der Waals surface area contributed by atoms with Gasteiger partial charge in [0.2, 0.25) is 0 Å². The van der Waals surface area contributed by atoms with Crippen LogP contribution >= 0.6 is 0 Å². The van der Waals surface area contributed by atoms with Gasteiger partial charge >= 0.3 is 6.01 Å². The number of ether oxygens (including phenoxy) is 2. The first-order valence-electron chi connectivity index (χ1n) is 9.52. The Hall–Kier alpha value is -3.22. The average Bonchev–Trinajstić information content (AvgIpc) is 3.11. The van der Waals surface area contributed by atoms with Crippen molar-refractivity contribution < 1.29 is 19.7 Å². The number of aliphatic hydroxyl groups is 2. The fourth-order valence-electron chi connectivity index (χ4n) is 2.90. The molecule has 30 heavy (non-hydrogen) atoms. The van der Waals surface area contributed by atoms with Gasteiger partial charge in [-0.25, -0.2) is 4.98 Å². The fraction of sp³-hybridized carbons (Fsp3) is 0.429. The summed E-state index contributed by atoms with van der Waals surface area (Å²) in [5.74, 6) is 0.709. The van der Waals surface area contributed by atoms with Gasteiger partial charge in [-0.2, -0.15) is 15.3 Å². The van der Waals surface area contributed by atoms with Crippen LogP contribution in [0.4, 0.5) is 0 Å². The van der Waals surface area contributed by atoms with Crippen molar-refractivity contribution in [2.75, 3.05) is 13.2 Å². The molecule has 3 aromatic rings. The van der Waals surface area contributed by atoms with E-state index in [1.165, 1.54) is 0 Å². The predicted molar refractivity (Wildman–Crippen MR) is 109 cm³/mol. The van der Waals surface area contributed by atoms with Crippen molar-refractivity contribution in [1.29, 1.82) is 5.26 Å². The predicted octanol–water partition coefficient (Wildman–Crippen LogP) is 2.14. The summed E-state index contributed by atoms with van der Waals surface area (Å²) in [7, 11) is 0. The molecule has 1 aromatic carbocycles. The average molecular weight is 411 g/mol. The van der Waals surface area contributed by atoms with Crippen molar-refractivity contribution in [1.82, 2.24) is 20.2 Å². The van der Waals surface area contributed by atoms with Gasteiger partial charge in [0, 0.05) is 11.8 Å². The summed E-state index contributed by atoms with van der Waals surface area (Å²) < 4.78 is 11.3. The van der Waals surface area contributed by atoms with Gasteiger partial charge in [-0.05, 0) is 30.0 Å². The third kappa shape index (κ3) is 4.67. The molecule has 0 amide bonds. The number of nitrogens with one attached hydrogen (secondary N) is 1. The Morgan fingerprint density at radius 3 is 2.70 bits per heavy atom. The van der Waals surface area contributed by atoms with Gasteiger partial charge in [0.15, 0.2) is 5.65 Å². The second-order valence-corrected chi connectivity index (χ2v) is 8.05. The number of aromatic amines is 1. The minimum Gasteiger partial charge on any atom is -0.487 e. The molecule has 1 unspecified atom stereocenters. The number of rotatable bonds is 7. The lowest BCUT2D eigenvalue weighted by Crippen LogP contribution is -2.21.